The summed E-state index contributed by atoms with van der Waals surface area (Å²) >= 11 is 0. The van der Waals surface area contributed by atoms with Gasteiger partial charge in [0.05, 0.1) is 31.3 Å². The van der Waals surface area contributed by atoms with Crippen LogP contribution >= 0.6 is 0 Å². The van der Waals surface area contributed by atoms with Gasteiger partial charge in [0, 0.05) is 41.5 Å². The minimum absolute atomic E-state index is 0.839. The monoisotopic (exact) mass is 956 g/mol. The quantitative estimate of drug-likeness (QED) is 0.0539. The normalized spacial score (nSPS) is 33.9. The second kappa shape index (κ2) is 24.0. The van der Waals surface area contributed by atoms with E-state index < -0.39 is 183 Å². The van der Waals surface area contributed by atoms with Crippen molar-refractivity contribution in [1.29, 1.82) is 0 Å². The Morgan fingerprint density at radius 2 is 0.773 bits per heavy atom. The van der Waals surface area contributed by atoms with Crippen LogP contribution in [0.25, 0.3) is 0 Å². The highest BCUT2D eigenvalue weighted by atomic mass is 16.7. The van der Waals surface area contributed by atoms with Gasteiger partial charge in [0.25, 0.3) is 0 Å². The molecule has 0 aromatic carbocycles. The summed E-state index contributed by atoms with van der Waals surface area (Å²) in [6, 6.07) is -10.9. The number of hydrogen-bond donors (Lipinski definition) is 15. The second-order valence-electron chi connectivity index (χ2n) is 15.4. The highest BCUT2D eigenvalue weighted by Gasteiger charge is 2.59. The Labute approximate surface area is 373 Å². The van der Waals surface area contributed by atoms with E-state index in [4.69, 9.17) is 28.4 Å². The Morgan fingerprint density at radius 3 is 1.12 bits per heavy atom. The van der Waals surface area contributed by atoms with E-state index in [1.165, 1.54) is 0 Å². The zero-order valence-corrected chi connectivity index (χ0v) is 36.0. The first-order valence-corrected chi connectivity index (χ1v) is 19.9. The number of aliphatic hydroxyl groups excluding tert-OH is 6. The lowest BCUT2D eigenvalue weighted by molar-refractivity contribution is -0.328. The molecule has 3 aliphatic heterocycles. The molecule has 3 saturated heterocycles. The number of carbonyl (C=O) groups excluding carboxylic acids is 6. The first-order valence-electron chi connectivity index (χ1n) is 19.9. The predicted molar refractivity (Wildman–Crippen MR) is 207 cm³/mol. The summed E-state index contributed by atoms with van der Waals surface area (Å²) in [5.74, 6) is -11.1. The van der Waals surface area contributed by atoms with E-state index in [1.54, 1.807) is 0 Å². The van der Waals surface area contributed by atoms with Gasteiger partial charge in [-0.2, -0.15) is 0 Å². The highest BCUT2D eigenvalue weighted by Crippen LogP contribution is 2.34. The molecule has 0 radical (unpaired) electrons. The van der Waals surface area contributed by atoms with Gasteiger partial charge in [-0.25, -0.2) is 14.4 Å². The van der Waals surface area contributed by atoms with Crippen LogP contribution in [-0.4, -0.2) is 229 Å². The third-order valence-electron chi connectivity index (χ3n) is 10.2. The molecular formula is C36H56N6O24. The summed E-state index contributed by atoms with van der Waals surface area (Å²) in [6.45, 7) is 3.44. The molecule has 66 heavy (non-hydrogen) atoms. The third-order valence-corrected chi connectivity index (χ3v) is 10.2. The van der Waals surface area contributed by atoms with Crippen molar-refractivity contribution in [2.45, 2.75) is 158 Å². The number of aliphatic hydroxyl groups is 6. The van der Waals surface area contributed by atoms with Gasteiger partial charge in [0.2, 0.25) is 35.4 Å². The van der Waals surface area contributed by atoms with Crippen LogP contribution in [0.15, 0.2) is 0 Å². The van der Waals surface area contributed by atoms with Crippen LogP contribution < -0.4 is 31.9 Å². The van der Waals surface area contributed by atoms with Gasteiger partial charge in [-0.1, -0.05) is 0 Å². The van der Waals surface area contributed by atoms with E-state index in [0.29, 0.717) is 0 Å². The fourth-order valence-electron chi connectivity index (χ4n) is 7.58. The lowest BCUT2D eigenvalue weighted by Crippen LogP contribution is -2.75. The number of carboxylic acids is 3. The summed E-state index contributed by atoms with van der Waals surface area (Å²) in [5, 5.41) is 106. The number of aliphatic carboxylic acids is 3. The molecule has 3 aliphatic rings. The van der Waals surface area contributed by atoms with Gasteiger partial charge in [-0.05, 0) is 0 Å². The van der Waals surface area contributed by atoms with Crippen LogP contribution in [0.4, 0.5) is 0 Å². The molecule has 0 unspecified atom stereocenters. The molecule has 30 nitrogen and oxygen atoms in total. The van der Waals surface area contributed by atoms with E-state index >= 15 is 0 Å². The SMILES string of the molecule is CC(=O)N[C@@H]1[C@@H](NC(C)=O)[C@@H](O[C@@H]([C@@H](O)[C@H](O)CO)[C@@H](O)CO)O[C@H](C(=O)O)[C@H]1O[C@@H]1O[C@H](C(=O)O)[C@@H](O[C@@H]2O[C@H](C(=O)O)[C@@H](O)[C@H](NC(C)=O)[C@H]2NC(C)=O)[C@H](NC(C)=O)[C@H]1NC(C)=O. The Kier molecular flexibility index (Phi) is 20.0. The molecule has 3 fully saturated rings. The molecule has 15 N–H and O–H groups in total. The smallest absolute Gasteiger partial charge is 0.335 e. The fourth-order valence-corrected chi connectivity index (χ4v) is 7.58. The van der Waals surface area contributed by atoms with E-state index in [9.17, 15) is 89.1 Å². The van der Waals surface area contributed by atoms with E-state index in [1.807, 2.05) is 0 Å². The van der Waals surface area contributed by atoms with E-state index in [0.717, 1.165) is 41.5 Å². The number of carboxylic acid groups (broad SMARTS) is 3. The maximum Gasteiger partial charge on any atom is 0.335 e. The van der Waals surface area contributed by atoms with Crippen LogP contribution in [0.1, 0.15) is 41.5 Å². The number of hydrogen-bond acceptors (Lipinski definition) is 21. The van der Waals surface area contributed by atoms with Gasteiger partial charge < -0.3 is 106 Å². The van der Waals surface area contributed by atoms with Crippen molar-refractivity contribution < 1.29 is 118 Å². The van der Waals surface area contributed by atoms with Crippen LogP contribution in [0.3, 0.4) is 0 Å². The highest BCUT2D eigenvalue weighted by molar-refractivity contribution is 5.79. The van der Waals surface area contributed by atoms with Crippen molar-refractivity contribution in [1.82, 2.24) is 31.9 Å². The predicted octanol–water partition coefficient (Wildman–Crippen LogP) is -8.97. The molecular weight excluding hydrogens is 900 g/mol. The molecule has 0 bridgehead atoms. The lowest BCUT2D eigenvalue weighted by Gasteiger charge is -2.51. The van der Waals surface area contributed by atoms with Crippen LogP contribution in [0.2, 0.25) is 0 Å². The van der Waals surface area contributed by atoms with Gasteiger partial charge in [0.1, 0.15) is 60.9 Å². The van der Waals surface area contributed by atoms with Crippen molar-refractivity contribution in [3.05, 3.63) is 0 Å². The number of nitrogens with one attached hydrogen (secondary N) is 6. The topological polar surface area (TPSA) is 463 Å². The minimum atomic E-state index is -2.41. The molecule has 0 aliphatic carbocycles. The van der Waals surface area contributed by atoms with Gasteiger partial charge >= 0.3 is 17.9 Å². The standard InChI is InChI=1S/C36H56N6O24/c1-9(45)37-17-20(40-12(4)48)34(64-28(24(17)54)31(55)56)62-26-19(39-11(3)47)22(42-14(6)50)36(66-30(26)33(59)60)63-27-18(38-10(2)46)21(41-13(5)49)35(65-29(27)32(57)58)61-25(16(52)8-44)23(53)15(51)7-43/h15-30,34-36,43-44,51-54H,7-8H2,1-6H3,(H,37,45)(H,38,46)(H,39,47)(H,40,48)(H,41,49)(H,42,50)(H,55,56)(H,57,58)(H,59,60)/t15-,16+,17-,18-,19-,20-,21-,22-,23+,24+,25-,26+,27+,28+,29+,30+,34-,35+,36-/m1/s1. The van der Waals surface area contributed by atoms with Crippen molar-refractivity contribution >= 4 is 53.4 Å². The van der Waals surface area contributed by atoms with Crippen molar-refractivity contribution in [3.63, 3.8) is 0 Å². The maximum absolute atomic E-state index is 13.1. The number of amides is 6. The van der Waals surface area contributed by atoms with Crippen molar-refractivity contribution in [2.75, 3.05) is 13.2 Å². The van der Waals surface area contributed by atoms with Crippen LogP contribution in [-0.2, 0) is 71.6 Å². The zero-order chi connectivity index (χ0) is 50.1. The minimum Gasteiger partial charge on any atom is -0.479 e. The Balaban J connectivity index is 2.25. The third kappa shape index (κ3) is 13.9. The summed E-state index contributed by atoms with van der Waals surface area (Å²) in [7, 11) is 0. The Bertz CT molecular complexity index is 1790. The lowest BCUT2D eigenvalue weighted by atomic mass is 9.90. The fraction of sp³-hybridized carbons (Fsp3) is 0.750. The van der Waals surface area contributed by atoms with E-state index in [-0.39, 0.29) is 0 Å². The Morgan fingerprint density at radius 1 is 0.470 bits per heavy atom. The first kappa shape index (κ1) is 55.1. The van der Waals surface area contributed by atoms with Crippen LogP contribution in [0, 0.1) is 0 Å². The molecule has 0 aromatic rings. The summed E-state index contributed by atoms with van der Waals surface area (Å²) in [6.07, 6.45) is -28.4. The van der Waals surface area contributed by atoms with Gasteiger partial charge in [0.15, 0.2) is 37.2 Å². The average molecular weight is 957 g/mol. The molecule has 0 saturated carbocycles. The molecule has 0 aromatic heterocycles. The summed E-state index contributed by atoms with van der Waals surface area (Å²) < 4.78 is 34.8. The second-order valence-corrected chi connectivity index (χ2v) is 15.4. The largest absolute Gasteiger partial charge is 0.479 e. The molecule has 374 valence electrons. The molecule has 3 rings (SSSR count). The van der Waals surface area contributed by atoms with Crippen LogP contribution in [0.5, 0.6) is 0 Å². The summed E-state index contributed by atoms with van der Waals surface area (Å²) in [4.78, 5) is 114. The van der Waals surface area contributed by atoms with Gasteiger partial charge in [-0.3, -0.25) is 28.8 Å². The molecule has 3 heterocycles. The molecule has 0 spiro atoms. The maximum atomic E-state index is 13.1. The Hall–Kier alpha value is -5.25. The number of rotatable bonds is 20. The average Bonchev–Trinajstić information content (AvgIpc) is 3.20. The van der Waals surface area contributed by atoms with Crippen molar-refractivity contribution in [3.8, 4) is 0 Å². The number of carbonyl (C=O) groups is 9. The first-order chi connectivity index (χ1) is 30.7. The van der Waals surface area contributed by atoms with E-state index in [2.05, 4.69) is 31.9 Å². The van der Waals surface area contributed by atoms with Gasteiger partial charge in [-0.15, -0.1) is 0 Å². The molecule has 30 heteroatoms. The number of ether oxygens (including phenoxy) is 6. The van der Waals surface area contributed by atoms with Crippen molar-refractivity contribution in [2.24, 2.45) is 0 Å². The summed E-state index contributed by atoms with van der Waals surface area (Å²) in [5.41, 5.74) is 0. The molecule has 6 amide bonds. The molecule has 19 atom stereocenters. The zero-order valence-electron chi connectivity index (χ0n) is 36.0.